The second-order valence-corrected chi connectivity index (χ2v) is 17.5. The van der Waals surface area contributed by atoms with E-state index in [1.165, 1.54) is 103 Å². The smallest absolute Gasteiger partial charge is 0.462 e. The number of likely N-dealkylation sites (N-methyl/N-ethyl adjacent to an activating group) is 1. The molecule has 0 aliphatic rings. The predicted molar refractivity (Wildman–Crippen MR) is 233 cm³/mol. The van der Waals surface area contributed by atoms with Gasteiger partial charge >= 0.3 is 19.8 Å². The molecule has 0 rings (SSSR count). The molecule has 0 saturated heterocycles. The normalized spacial score (nSPS) is 14.0. The van der Waals surface area contributed by atoms with E-state index in [1.54, 1.807) is 0 Å². The van der Waals surface area contributed by atoms with Crippen LogP contribution in [0.5, 0.6) is 0 Å². The minimum Gasteiger partial charge on any atom is -0.462 e. The number of phosphoric ester groups is 1. The maximum atomic E-state index is 12.7. The molecule has 0 amide bonds. The van der Waals surface area contributed by atoms with Crippen LogP contribution in [-0.4, -0.2) is 74.9 Å². The number of quaternary nitrogens is 1. The fourth-order valence-electron chi connectivity index (χ4n) is 5.83. The van der Waals surface area contributed by atoms with Gasteiger partial charge in [0.05, 0.1) is 27.7 Å². The molecule has 0 spiro atoms. The highest BCUT2D eigenvalue weighted by Crippen LogP contribution is 2.43. The minimum absolute atomic E-state index is 0.0213. The number of rotatable bonds is 40. The van der Waals surface area contributed by atoms with Gasteiger partial charge in [-0.05, 0) is 51.4 Å². The quantitative estimate of drug-likeness (QED) is 0.0214. The third-order valence-electron chi connectivity index (χ3n) is 9.36. The Balaban J connectivity index is 4.45. The Bertz CT molecular complexity index is 1100. The van der Waals surface area contributed by atoms with Crippen LogP contribution in [0.1, 0.15) is 181 Å². The number of hydrogen-bond donors (Lipinski definition) is 1. The molecular formula is C46H85NO8P+. The molecule has 0 bridgehead atoms. The van der Waals surface area contributed by atoms with Crippen molar-refractivity contribution in [2.24, 2.45) is 0 Å². The van der Waals surface area contributed by atoms with Crippen molar-refractivity contribution >= 4 is 19.8 Å². The summed E-state index contributed by atoms with van der Waals surface area (Å²) in [5.41, 5.74) is 0. The number of ether oxygens (including phenoxy) is 2. The first kappa shape index (κ1) is 54.0. The second kappa shape index (κ2) is 38.5. The molecule has 0 aromatic rings. The molecule has 0 saturated carbocycles. The fourth-order valence-corrected chi connectivity index (χ4v) is 6.57. The van der Waals surface area contributed by atoms with Crippen molar-refractivity contribution in [1.82, 2.24) is 0 Å². The summed E-state index contributed by atoms with van der Waals surface area (Å²) in [6, 6.07) is 0. The van der Waals surface area contributed by atoms with E-state index in [2.05, 4.69) is 56.4 Å². The first-order chi connectivity index (χ1) is 27.0. The molecule has 0 heterocycles. The highest BCUT2D eigenvalue weighted by atomic mass is 31.2. The molecule has 1 unspecified atom stereocenters. The number of esters is 2. The molecule has 2 atom stereocenters. The zero-order valence-corrected chi connectivity index (χ0v) is 37.5. The zero-order chi connectivity index (χ0) is 41.4. The number of hydrogen-bond acceptors (Lipinski definition) is 7. The summed E-state index contributed by atoms with van der Waals surface area (Å²) in [5.74, 6) is -0.862. The lowest BCUT2D eigenvalue weighted by Gasteiger charge is -2.24. The Labute approximate surface area is 343 Å². The molecule has 0 aromatic heterocycles. The molecule has 0 aromatic carbocycles. The molecule has 10 heteroatoms. The van der Waals surface area contributed by atoms with E-state index in [1.807, 2.05) is 27.2 Å². The van der Waals surface area contributed by atoms with Gasteiger partial charge in [-0.15, -0.1) is 0 Å². The zero-order valence-electron chi connectivity index (χ0n) is 36.6. The van der Waals surface area contributed by atoms with Gasteiger partial charge in [0.2, 0.25) is 0 Å². The lowest BCUT2D eigenvalue weighted by Crippen LogP contribution is -2.37. The van der Waals surface area contributed by atoms with E-state index in [0.717, 1.165) is 44.9 Å². The Hall–Kier alpha value is -2.03. The van der Waals surface area contributed by atoms with Gasteiger partial charge in [0.15, 0.2) is 6.10 Å². The summed E-state index contributed by atoms with van der Waals surface area (Å²) in [6.45, 7) is 4.33. The molecular weight excluding hydrogens is 725 g/mol. The topological polar surface area (TPSA) is 108 Å². The lowest BCUT2D eigenvalue weighted by atomic mass is 10.0. The summed E-state index contributed by atoms with van der Waals surface area (Å²) in [7, 11) is 1.44. The highest BCUT2D eigenvalue weighted by Gasteiger charge is 2.27. The largest absolute Gasteiger partial charge is 0.472 e. The van der Waals surface area contributed by atoms with Crippen molar-refractivity contribution in [2.45, 2.75) is 187 Å². The van der Waals surface area contributed by atoms with E-state index in [-0.39, 0.29) is 32.0 Å². The van der Waals surface area contributed by atoms with Crippen molar-refractivity contribution in [2.75, 3.05) is 47.5 Å². The van der Waals surface area contributed by atoms with E-state index >= 15 is 0 Å². The van der Waals surface area contributed by atoms with Crippen LogP contribution in [0.15, 0.2) is 48.6 Å². The number of phosphoric acid groups is 1. The van der Waals surface area contributed by atoms with Gasteiger partial charge in [0.1, 0.15) is 19.8 Å². The Kier molecular flexibility index (Phi) is 37.1. The molecule has 1 N–H and O–H groups in total. The Morgan fingerprint density at radius 1 is 0.554 bits per heavy atom. The highest BCUT2D eigenvalue weighted by molar-refractivity contribution is 7.47. The van der Waals surface area contributed by atoms with Gasteiger partial charge in [0, 0.05) is 12.8 Å². The Morgan fingerprint density at radius 3 is 1.48 bits per heavy atom. The summed E-state index contributed by atoms with van der Waals surface area (Å²) >= 11 is 0. The average molecular weight is 811 g/mol. The van der Waals surface area contributed by atoms with Gasteiger partial charge in [-0.3, -0.25) is 18.6 Å². The van der Waals surface area contributed by atoms with Gasteiger partial charge in [-0.25, -0.2) is 4.57 Å². The van der Waals surface area contributed by atoms with Crippen LogP contribution < -0.4 is 0 Å². The summed E-state index contributed by atoms with van der Waals surface area (Å²) in [4.78, 5) is 35.3. The molecule has 0 fully saturated rings. The maximum absolute atomic E-state index is 12.7. The molecule has 0 aliphatic carbocycles. The summed E-state index contributed by atoms with van der Waals surface area (Å²) in [5, 5.41) is 0. The monoisotopic (exact) mass is 811 g/mol. The van der Waals surface area contributed by atoms with Gasteiger partial charge in [-0.1, -0.05) is 165 Å². The fraction of sp³-hybridized carbons (Fsp3) is 0.783. The number of nitrogens with zero attached hydrogens (tertiary/aromatic N) is 1. The number of carbonyl (C=O) groups is 2. The van der Waals surface area contributed by atoms with Crippen molar-refractivity contribution < 1.29 is 42.1 Å². The van der Waals surface area contributed by atoms with Crippen molar-refractivity contribution in [1.29, 1.82) is 0 Å². The van der Waals surface area contributed by atoms with Crippen LogP contribution in [0.3, 0.4) is 0 Å². The predicted octanol–water partition coefficient (Wildman–Crippen LogP) is 12.7. The van der Waals surface area contributed by atoms with Crippen LogP contribution in [-0.2, 0) is 32.7 Å². The van der Waals surface area contributed by atoms with Crippen LogP contribution >= 0.6 is 7.82 Å². The standard InChI is InChI=1S/C46H84NO8P/c1-6-8-10-12-14-16-18-20-22-23-25-27-29-31-33-35-37-39-46(49)55-44(43-54-56(50,51)53-41-40-47(3,4)5)42-52-45(48)38-36-34-32-30-28-26-24-21-19-17-15-13-11-9-7-2/h14,16,20,22,25,27,31,33,44H,6-13,15,17-19,21,23-24,26,28-30,32,34-43H2,1-5H3/p+1/b16-14+,22-20+,27-25+,33-31+/t44-/m1/s1. The average Bonchev–Trinajstić information content (AvgIpc) is 3.15. The molecule has 326 valence electrons. The van der Waals surface area contributed by atoms with Gasteiger partial charge < -0.3 is 18.9 Å². The molecule has 0 radical (unpaired) electrons. The van der Waals surface area contributed by atoms with Gasteiger partial charge in [-0.2, -0.15) is 0 Å². The maximum Gasteiger partial charge on any atom is 0.472 e. The summed E-state index contributed by atoms with van der Waals surface area (Å²) in [6.07, 6.45) is 44.5. The number of unbranched alkanes of at least 4 members (excludes halogenated alkanes) is 18. The van der Waals surface area contributed by atoms with Crippen LogP contribution in [0.25, 0.3) is 0 Å². The molecule has 56 heavy (non-hydrogen) atoms. The molecule has 9 nitrogen and oxygen atoms in total. The first-order valence-corrected chi connectivity index (χ1v) is 23.9. The van der Waals surface area contributed by atoms with Crippen molar-refractivity contribution in [3.8, 4) is 0 Å². The van der Waals surface area contributed by atoms with Gasteiger partial charge in [0.25, 0.3) is 0 Å². The Morgan fingerprint density at radius 2 is 0.982 bits per heavy atom. The van der Waals surface area contributed by atoms with Crippen LogP contribution in [0, 0.1) is 0 Å². The third-order valence-corrected chi connectivity index (χ3v) is 10.3. The third kappa shape index (κ3) is 41.6. The van der Waals surface area contributed by atoms with E-state index in [0.29, 0.717) is 17.4 Å². The van der Waals surface area contributed by atoms with E-state index in [4.69, 9.17) is 18.5 Å². The SMILES string of the molecule is CCCCC/C=C/C/C=C/C/C=C/C/C=C/CCCC(=O)O[C@H](COC(=O)CCCCCCCCCCCCCCCCC)COP(=O)(O)OCC[N+](C)(C)C. The molecule has 0 aliphatic heterocycles. The van der Waals surface area contributed by atoms with Crippen molar-refractivity contribution in [3.05, 3.63) is 48.6 Å². The second-order valence-electron chi connectivity index (χ2n) is 16.1. The van der Waals surface area contributed by atoms with Crippen molar-refractivity contribution in [3.63, 3.8) is 0 Å². The first-order valence-electron chi connectivity index (χ1n) is 22.4. The minimum atomic E-state index is -4.39. The van der Waals surface area contributed by atoms with Crippen LogP contribution in [0.4, 0.5) is 0 Å². The lowest BCUT2D eigenvalue weighted by molar-refractivity contribution is -0.870. The number of allylic oxidation sites excluding steroid dienone is 8. The van der Waals surface area contributed by atoms with E-state index in [9.17, 15) is 19.0 Å². The number of carbonyl (C=O) groups excluding carboxylic acids is 2. The summed E-state index contributed by atoms with van der Waals surface area (Å²) < 4.78 is 34.2. The van der Waals surface area contributed by atoms with Crippen LogP contribution in [0.2, 0.25) is 0 Å². The van der Waals surface area contributed by atoms with E-state index < -0.39 is 26.5 Å².